The predicted octanol–water partition coefficient (Wildman–Crippen LogP) is 1.37. The molecule has 3 aliphatic rings. The lowest BCUT2D eigenvalue weighted by Crippen LogP contribution is -2.54. The van der Waals surface area contributed by atoms with Crippen LogP contribution in [0, 0.1) is 5.92 Å². The third kappa shape index (κ3) is 2.24. The van der Waals surface area contributed by atoms with Crippen molar-refractivity contribution in [1.29, 1.82) is 0 Å². The van der Waals surface area contributed by atoms with Gasteiger partial charge in [-0.3, -0.25) is 14.3 Å². The van der Waals surface area contributed by atoms with Crippen LogP contribution in [0.3, 0.4) is 0 Å². The highest BCUT2D eigenvalue weighted by atomic mass is 16.9. The van der Waals surface area contributed by atoms with E-state index in [-0.39, 0.29) is 28.9 Å². The Balaban J connectivity index is 1.93. The summed E-state index contributed by atoms with van der Waals surface area (Å²) in [5.74, 6) is -8.40. The summed E-state index contributed by atoms with van der Waals surface area (Å²) in [6.45, 7) is 1.63. The molecule has 2 heterocycles. The van der Waals surface area contributed by atoms with Gasteiger partial charge in [-0.05, 0) is 24.1 Å². The summed E-state index contributed by atoms with van der Waals surface area (Å²) in [7, 11) is 0. The minimum atomic E-state index is -2.72. The van der Waals surface area contributed by atoms with E-state index in [9.17, 15) is 30.0 Å². The molecule has 8 nitrogen and oxygen atoms in total. The third-order valence-corrected chi connectivity index (χ3v) is 5.93. The first-order chi connectivity index (χ1) is 14.2. The number of carboxylic acids is 1. The number of hydrogen-bond acceptors (Lipinski definition) is 7. The van der Waals surface area contributed by atoms with Crippen molar-refractivity contribution < 1.29 is 39.5 Å². The Morgan fingerprint density at radius 1 is 1.17 bits per heavy atom. The molecule has 0 amide bonds. The summed E-state index contributed by atoms with van der Waals surface area (Å²) < 4.78 is 11.2. The molecular weight excluding hydrogens is 392 g/mol. The van der Waals surface area contributed by atoms with E-state index in [0.29, 0.717) is 16.7 Å². The van der Waals surface area contributed by atoms with Gasteiger partial charge in [0.05, 0.1) is 11.5 Å². The summed E-state index contributed by atoms with van der Waals surface area (Å²) in [6, 6.07) is 11.6. The number of carbonyl (C=O) groups excluding carboxylic acids is 1. The van der Waals surface area contributed by atoms with Gasteiger partial charge in [-0.15, -0.1) is 0 Å². The van der Waals surface area contributed by atoms with E-state index < -0.39 is 35.5 Å². The second-order valence-corrected chi connectivity index (χ2v) is 7.60. The van der Waals surface area contributed by atoms with Crippen LogP contribution in [0.4, 0.5) is 0 Å². The van der Waals surface area contributed by atoms with Crippen LogP contribution in [-0.2, 0) is 15.3 Å². The first-order valence-corrected chi connectivity index (χ1v) is 9.49. The molecule has 4 unspecified atom stereocenters. The van der Waals surface area contributed by atoms with E-state index in [1.165, 1.54) is 12.1 Å². The van der Waals surface area contributed by atoms with Crippen molar-refractivity contribution in [3.8, 4) is 5.75 Å². The van der Waals surface area contributed by atoms with Gasteiger partial charge in [0.15, 0.2) is 11.9 Å². The molecule has 3 bridgehead atoms. The van der Waals surface area contributed by atoms with Gasteiger partial charge in [-0.1, -0.05) is 37.3 Å². The van der Waals surface area contributed by atoms with Crippen LogP contribution in [-0.4, -0.2) is 44.3 Å². The zero-order chi connectivity index (χ0) is 21.4. The SMILES string of the molecule is CCC(C(=O)O)C1=C(c2ccccc2)c2cc3c4cc2OC1(O)OC4(O)C(O)C3=O. The van der Waals surface area contributed by atoms with Gasteiger partial charge < -0.3 is 25.2 Å². The Hall–Kier alpha value is -3.04. The fourth-order valence-electron chi connectivity index (χ4n) is 4.55. The van der Waals surface area contributed by atoms with Crippen LogP contribution < -0.4 is 4.74 Å². The van der Waals surface area contributed by atoms with E-state index in [4.69, 9.17) is 9.47 Å². The molecule has 4 atom stereocenters. The number of aliphatic hydroxyl groups excluding tert-OH is 1. The van der Waals surface area contributed by atoms with Crippen molar-refractivity contribution >= 4 is 17.3 Å². The molecule has 5 rings (SSSR count). The number of aliphatic hydroxyl groups is 3. The van der Waals surface area contributed by atoms with Crippen molar-refractivity contribution in [2.45, 2.75) is 31.2 Å². The van der Waals surface area contributed by atoms with Crippen molar-refractivity contribution in [3.63, 3.8) is 0 Å². The number of ether oxygens (including phenoxy) is 2. The number of hydrogen-bond donors (Lipinski definition) is 4. The molecular formula is C22H18O8. The predicted molar refractivity (Wildman–Crippen MR) is 101 cm³/mol. The topological polar surface area (TPSA) is 134 Å². The second-order valence-electron chi connectivity index (χ2n) is 7.60. The lowest BCUT2D eigenvalue weighted by molar-refractivity contribution is -0.401. The molecule has 4 N–H and O–H groups in total. The van der Waals surface area contributed by atoms with Crippen LogP contribution in [0.2, 0.25) is 0 Å². The second kappa shape index (κ2) is 5.99. The van der Waals surface area contributed by atoms with Gasteiger partial charge in [0.25, 0.3) is 0 Å². The smallest absolute Gasteiger partial charge is 0.354 e. The quantitative estimate of drug-likeness (QED) is 0.594. The Morgan fingerprint density at radius 3 is 2.50 bits per heavy atom. The number of fused-ring (bicyclic) bond motifs is 1. The summed E-state index contributed by atoms with van der Waals surface area (Å²) >= 11 is 0. The Labute approximate surface area is 170 Å². The minimum Gasteiger partial charge on any atom is -0.481 e. The average molecular weight is 410 g/mol. The van der Waals surface area contributed by atoms with Crippen LogP contribution in [0.1, 0.15) is 40.4 Å². The maximum Gasteiger partial charge on any atom is 0.354 e. The number of Topliss-reactive ketones (excluding diaryl/α,β-unsaturated/α-hetero) is 1. The zero-order valence-electron chi connectivity index (χ0n) is 15.8. The van der Waals surface area contributed by atoms with Crippen LogP contribution in [0.25, 0.3) is 5.57 Å². The normalized spacial score (nSPS) is 29.6. The molecule has 0 saturated heterocycles. The van der Waals surface area contributed by atoms with Gasteiger partial charge in [-0.2, -0.15) is 0 Å². The van der Waals surface area contributed by atoms with E-state index >= 15 is 0 Å². The number of benzene rings is 2. The number of rotatable bonds is 4. The van der Waals surface area contributed by atoms with Crippen LogP contribution in [0.15, 0.2) is 48.0 Å². The van der Waals surface area contributed by atoms with Crippen LogP contribution in [0.5, 0.6) is 5.75 Å². The molecule has 1 aliphatic carbocycles. The fraction of sp³-hybridized carbons (Fsp3) is 0.273. The molecule has 2 aliphatic heterocycles. The standard InChI is InChI=1S/C22H18O8/c1-2-11(20(25)26)17-16(10-6-4-3-5-7-10)13-8-12-14-9-15(13)29-22(17,28)30-21(14,27)19(24)18(12)23/h3-9,11,19,24,27-28H,2H2,1H3,(H,25,26). The molecule has 8 heteroatoms. The Bertz CT molecular complexity index is 1140. The molecule has 0 saturated carbocycles. The Kier molecular flexibility index (Phi) is 3.78. The molecule has 0 radical (unpaired) electrons. The number of carbonyl (C=O) groups is 2. The van der Waals surface area contributed by atoms with Gasteiger partial charge >= 0.3 is 11.9 Å². The highest BCUT2D eigenvalue weighted by Gasteiger charge is 2.62. The highest BCUT2D eigenvalue weighted by molar-refractivity contribution is 6.07. The number of carboxylic acid groups (broad SMARTS) is 1. The molecule has 0 aromatic heterocycles. The first kappa shape index (κ1) is 19.0. The summed E-state index contributed by atoms with van der Waals surface area (Å²) in [6.07, 6.45) is -1.90. The highest BCUT2D eigenvalue weighted by Crippen LogP contribution is 2.55. The average Bonchev–Trinajstić information content (AvgIpc) is 2.84. The summed E-state index contributed by atoms with van der Waals surface area (Å²) in [5, 5.41) is 42.8. The zero-order valence-corrected chi connectivity index (χ0v) is 15.8. The van der Waals surface area contributed by atoms with E-state index in [2.05, 4.69) is 0 Å². The summed E-state index contributed by atoms with van der Waals surface area (Å²) in [5.41, 5.74) is 1.16. The molecule has 0 spiro atoms. The van der Waals surface area contributed by atoms with E-state index in [1.54, 1.807) is 37.3 Å². The number of ketones is 1. The Morgan fingerprint density at radius 2 is 1.87 bits per heavy atom. The van der Waals surface area contributed by atoms with E-state index in [0.717, 1.165) is 0 Å². The monoisotopic (exact) mass is 410 g/mol. The van der Waals surface area contributed by atoms with Gasteiger partial charge in [-0.25, -0.2) is 0 Å². The van der Waals surface area contributed by atoms with Crippen molar-refractivity contribution in [2.24, 2.45) is 5.92 Å². The van der Waals surface area contributed by atoms with Crippen molar-refractivity contribution in [1.82, 2.24) is 0 Å². The molecule has 154 valence electrons. The molecule has 0 fully saturated rings. The van der Waals surface area contributed by atoms with Gasteiger partial charge in [0.2, 0.25) is 5.79 Å². The lowest BCUT2D eigenvalue weighted by Gasteiger charge is -2.41. The number of aliphatic carboxylic acids is 1. The van der Waals surface area contributed by atoms with E-state index in [1.807, 2.05) is 0 Å². The largest absolute Gasteiger partial charge is 0.481 e. The fourth-order valence-corrected chi connectivity index (χ4v) is 4.55. The minimum absolute atomic E-state index is 0.0228. The van der Waals surface area contributed by atoms with Crippen molar-refractivity contribution in [2.75, 3.05) is 0 Å². The third-order valence-electron chi connectivity index (χ3n) is 5.93. The molecule has 30 heavy (non-hydrogen) atoms. The molecule has 2 aromatic carbocycles. The molecule has 2 aromatic rings. The first-order valence-electron chi connectivity index (χ1n) is 9.49. The lowest BCUT2D eigenvalue weighted by atomic mass is 9.81. The van der Waals surface area contributed by atoms with Gasteiger partial charge in [0, 0.05) is 22.3 Å². The maximum atomic E-state index is 12.6. The maximum absolute atomic E-state index is 12.6. The van der Waals surface area contributed by atoms with Crippen molar-refractivity contribution in [3.05, 3.63) is 70.3 Å². The summed E-state index contributed by atoms with van der Waals surface area (Å²) in [4.78, 5) is 24.7. The van der Waals surface area contributed by atoms with Crippen LogP contribution >= 0.6 is 0 Å². The van der Waals surface area contributed by atoms with Gasteiger partial charge in [0.1, 0.15) is 5.75 Å².